The maximum absolute atomic E-state index is 13.8. The first-order valence-corrected chi connectivity index (χ1v) is 15.2. The van der Waals surface area contributed by atoms with Crippen molar-refractivity contribution in [2.24, 2.45) is 11.7 Å². The van der Waals surface area contributed by atoms with Gasteiger partial charge in [-0.3, -0.25) is 14.5 Å². The first kappa shape index (κ1) is 30.7. The van der Waals surface area contributed by atoms with Crippen LogP contribution in [0, 0.1) is 5.92 Å². The molecule has 0 radical (unpaired) electrons. The fraction of sp³-hybridized carbons (Fsp3) is 0.562. The number of ether oxygens (including phenoxy) is 5. The van der Waals surface area contributed by atoms with E-state index in [0.29, 0.717) is 67.8 Å². The summed E-state index contributed by atoms with van der Waals surface area (Å²) in [7, 11) is 1.55. The van der Waals surface area contributed by atoms with Crippen molar-refractivity contribution in [3.63, 3.8) is 0 Å². The van der Waals surface area contributed by atoms with Crippen molar-refractivity contribution in [2.45, 2.75) is 57.4 Å². The minimum absolute atomic E-state index is 0.0147. The lowest BCUT2D eigenvalue weighted by Gasteiger charge is -2.30. The molecule has 0 saturated carbocycles. The van der Waals surface area contributed by atoms with Crippen LogP contribution in [0.1, 0.15) is 56.1 Å². The van der Waals surface area contributed by atoms with Crippen LogP contribution in [0.3, 0.4) is 0 Å². The Labute approximate surface area is 252 Å². The van der Waals surface area contributed by atoms with Crippen LogP contribution in [-0.4, -0.2) is 86.2 Å². The number of carbonyl (C=O) groups is 2. The number of para-hydroxylation sites is 1. The number of nitrogens with two attached hydrogens (primary N) is 1. The molecular formula is C32H43N3O8. The lowest BCUT2D eigenvalue weighted by Crippen LogP contribution is -2.45. The van der Waals surface area contributed by atoms with Crippen LogP contribution >= 0.6 is 0 Å². The zero-order valence-corrected chi connectivity index (χ0v) is 25.1. The fourth-order valence-corrected chi connectivity index (χ4v) is 6.48. The topological polar surface area (TPSA) is 133 Å². The van der Waals surface area contributed by atoms with Crippen LogP contribution < -0.4 is 29.4 Å². The molecule has 3 heterocycles. The number of rotatable bonds is 15. The molecule has 3 aliphatic rings. The number of nitrogens with zero attached hydrogens (tertiary/aromatic N) is 2. The van der Waals surface area contributed by atoms with E-state index >= 15 is 0 Å². The summed E-state index contributed by atoms with van der Waals surface area (Å²) < 4.78 is 28.1. The number of fused-ring (bicyclic) bond motifs is 2. The summed E-state index contributed by atoms with van der Waals surface area (Å²) in [6.07, 6.45) is 4.70. The van der Waals surface area contributed by atoms with Gasteiger partial charge in [0.15, 0.2) is 23.0 Å². The number of hydrogen-bond acceptors (Lipinski definition) is 9. The predicted molar refractivity (Wildman–Crippen MR) is 159 cm³/mol. The van der Waals surface area contributed by atoms with Crippen molar-refractivity contribution in [2.75, 3.05) is 53.4 Å². The Bertz CT molecular complexity index is 1290. The largest absolute Gasteiger partial charge is 0.493 e. The first-order valence-electron chi connectivity index (χ1n) is 15.2. The Morgan fingerprint density at radius 1 is 1.05 bits per heavy atom. The molecule has 3 N–H and O–H groups in total. The highest BCUT2D eigenvalue weighted by Crippen LogP contribution is 2.47. The van der Waals surface area contributed by atoms with Crippen LogP contribution in [0.2, 0.25) is 0 Å². The number of hydrogen-bond donors (Lipinski definition) is 2. The number of methoxy groups -OCH3 is 1. The average molecular weight is 598 g/mol. The van der Waals surface area contributed by atoms with E-state index < -0.39 is 17.9 Å². The molecule has 2 aromatic rings. The van der Waals surface area contributed by atoms with E-state index in [-0.39, 0.29) is 32.0 Å². The number of carboxylic acids is 1. The van der Waals surface area contributed by atoms with E-state index in [0.717, 1.165) is 36.8 Å². The van der Waals surface area contributed by atoms with Crippen LogP contribution in [0.4, 0.5) is 0 Å². The van der Waals surface area contributed by atoms with Gasteiger partial charge in [-0.15, -0.1) is 0 Å². The molecule has 5 rings (SSSR count). The normalized spacial score (nSPS) is 20.4. The summed E-state index contributed by atoms with van der Waals surface area (Å²) in [4.78, 5) is 30.7. The number of likely N-dealkylation sites (tertiary alicyclic amines) is 1. The van der Waals surface area contributed by atoms with Gasteiger partial charge in [0.1, 0.15) is 0 Å². The minimum atomic E-state index is -0.898. The summed E-state index contributed by atoms with van der Waals surface area (Å²) in [6.45, 7) is 4.82. The molecule has 11 nitrogen and oxygen atoms in total. The van der Waals surface area contributed by atoms with Gasteiger partial charge < -0.3 is 39.4 Å². The van der Waals surface area contributed by atoms with Gasteiger partial charge in [-0.2, -0.15) is 0 Å². The summed E-state index contributed by atoms with van der Waals surface area (Å²) in [6, 6.07) is 9.07. The van der Waals surface area contributed by atoms with E-state index in [2.05, 4.69) is 11.8 Å². The molecule has 11 heteroatoms. The molecule has 1 amide bonds. The van der Waals surface area contributed by atoms with Gasteiger partial charge in [-0.05, 0) is 68.0 Å². The van der Waals surface area contributed by atoms with Crippen molar-refractivity contribution in [3.05, 3.63) is 41.5 Å². The number of aliphatic carboxylic acids is 1. The lowest BCUT2D eigenvalue weighted by molar-refractivity contribution is -0.143. The molecule has 234 valence electrons. The molecule has 0 spiro atoms. The highest BCUT2D eigenvalue weighted by Gasteiger charge is 2.47. The molecule has 3 aliphatic heterocycles. The fourth-order valence-electron chi connectivity index (χ4n) is 6.48. The average Bonchev–Trinajstić information content (AvgIpc) is 3.76. The number of carbonyl (C=O) groups excluding carboxylic acids is 1. The smallest absolute Gasteiger partial charge is 0.308 e. The molecule has 3 unspecified atom stereocenters. The first-order chi connectivity index (χ1) is 20.9. The van der Waals surface area contributed by atoms with Crippen LogP contribution in [0.5, 0.6) is 28.7 Å². The highest BCUT2D eigenvalue weighted by atomic mass is 16.7. The summed E-state index contributed by atoms with van der Waals surface area (Å²) in [5, 5.41) is 10.6. The third kappa shape index (κ3) is 6.78. The van der Waals surface area contributed by atoms with E-state index in [4.69, 9.17) is 29.4 Å². The number of aryl methyl sites for hydroxylation is 1. The van der Waals surface area contributed by atoms with E-state index in [1.54, 1.807) is 7.11 Å². The Morgan fingerprint density at radius 3 is 2.56 bits per heavy atom. The van der Waals surface area contributed by atoms with Crippen LogP contribution in [0.25, 0.3) is 0 Å². The minimum Gasteiger partial charge on any atom is -0.493 e. The van der Waals surface area contributed by atoms with Crippen molar-refractivity contribution in [1.29, 1.82) is 0 Å². The van der Waals surface area contributed by atoms with E-state index in [1.165, 1.54) is 0 Å². The SMILES string of the molecule is CCCCN(CCCCN)C(=O)CN1CC(c2cc(OC)c3c(c2)OCO3)C(C(=O)O)C1CCc1cccc2c1OCO2. The van der Waals surface area contributed by atoms with Crippen molar-refractivity contribution < 1.29 is 38.4 Å². The molecule has 43 heavy (non-hydrogen) atoms. The van der Waals surface area contributed by atoms with Gasteiger partial charge in [0.2, 0.25) is 25.2 Å². The second-order valence-electron chi connectivity index (χ2n) is 11.3. The van der Waals surface area contributed by atoms with Gasteiger partial charge >= 0.3 is 5.97 Å². The molecular weight excluding hydrogens is 554 g/mol. The quantitative estimate of drug-likeness (QED) is 0.293. The van der Waals surface area contributed by atoms with Gasteiger partial charge in [0.05, 0.1) is 19.6 Å². The molecule has 0 bridgehead atoms. The van der Waals surface area contributed by atoms with Crippen LogP contribution in [-0.2, 0) is 16.0 Å². The van der Waals surface area contributed by atoms with Crippen molar-refractivity contribution in [3.8, 4) is 28.7 Å². The predicted octanol–water partition coefficient (Wildman–Crippen LogP) is 3.62. The van der Waals surface area contributed by atoms with Crippen molar-refractivity contribution in [1.82, 2.24) is 9.80 Å². The maximum Gasteiger partial charge on any atom is 0.308 e. The number of benzene rings is 2. The summed E-state index contributed by atoms with van der Waals surface area (Å²) >= 11 is 0. The molecule has 1 fully saturated rings. The third-order valence-corrected chi connectivity index (χ3v) is 8.68. The highest BCUT2D eigenvalue weighted by molar-refractivity contribution is 5.79. The zero-order valence-electron chi connectivity index (χ0n) is 25.1. The van der Waals surface area contributed by atoms with Gasteiger partial charge in [0.25, 0.3) is 0 Å². The number of unbranched alkanes of at least 4 members (excludes halogenated alkanes) is 2. The molecule has 0 aromatic heterocycles. The lowest BCUT2D eigenvalue weighted by atomic mass is 9.83. The van der Waals surface area contributed by atoms with Gasteiger partial charge in [0, 0.05) is 31.6 Å². The zero-order chi connectivity index (χ0) is 30.3. The van der Waals surface area contributed by atoms with E-state index in [9.17, 15) is 14.7 Å². The third-order valence-electron chi connectivity index (χ3n) is 8.68. The second-order valence-corrected chi connectivity index (χ2v) is 11.3. The Hall–Kier alpha value is -3.70. The van der Waals surface area contributed by atoms with E-state index in [1.807, 2.05) is 35.2 Å². The molecule has 1 saturated heterocycles. The Kier molecular flexibility index (Phi) is 10.1. The number of amides is 1. The van der Waals surface area contributed by atoms with Crippen LogP contribution in [0.15, 0.2) is 30.3 Å². The number of carboxylic acid groups (broad SMARTS) is 1. The summed E-state index contributed by atoms with van der Waals surface area (Å²) in [5.41, 5.74) is 7.47. The standard InChI is InChI=1S/C32H43N3O8/c1-3-4-13-34(14-6-5-12-33)28(36)18-35-17-23(22-15-26(39-2)31-27(16-22)41-20-43-31)29(32(37)38)24(35)11-10-21-8-7-9-25-30(21)42-19-40-25/h7-9,15-16,23-24,29H,3-6,10-14,17-20,33H2,1-2H3,(H,37,38). The van der Waals surface area contributed by atoms with Crippen molar-refractivity contribution >= 4 is 11.9 Å². The summed E-state index contributed by atoms with van der Waals surface area (Å²) in [5.74, 6) is 0.928. The Morgan fingerprint density at radius 2 is 1.81 bits per heavy atom. The maximum atomic E-state index is 13.8. The van der Waals surface area contributed by atoms with Gasteiger partial charge in [-0.1, -0.05) is 25.5 Å². The molecule has 3 atom stereocenters. The molecule has 0 aliphatic carbocycles. The van der Waals surface area contributed by atoms with Gasteiger partial charge in [-0.25, -0.2) is 0 Å². The Balaban J connectivity index is 1.44. The molecule has 2 aromatic carbocycles. The monoisotopic (exact) mass is 597 g/mol. The second kappa shape index (κ2) is 14.2.